The summed E-state index contributed by atoms with van der Waals surface area (Å²) in [6.07, 6.45) is 2.62. The van der Waals surface area contributed by atoms with E-state index in [0.717, 1.165) is 12.1 Å². The van der Waals surface area contributed by atoms with Crippen molar-refractivity contribution in [3.05, 3.63) is 41.9 Å². The lowest BCUT2D eigenvalue weighted by Gasteiger charge is -2.20. The number of hydrogen-bond donors (Lipinski definition) is 1. The molecule has 0 spiro atoms. The molecule has 1 aliphatic rings. The first-order valence-corrected chi connectivity index (χ1v) is 6.51. The minimum Gasteiger partial charge on any atom is -0.370 e. The van der Waals surface area contributed by atoms with Crippen LogP contribution in [0.3, 0.4) is 0 Å². The van der Waals surface area contributed by atoms with E-state index in [9.17, 15) is 0 Å². The fourth-order valence-corrected chi connectivity index (χ4v) is 2.46. The largest absolute Gasteiger partial charge is 0.370 e. The lowest BCUT2D eigenvalue weighted by molar-refractivity contribution is 0.101. The Morgan fingerprint density at radius 2 is 2.35 bits per heavy atom. The maximum Gasteiger partial charge on any atom is 0.142 e. The molecule has 3 rings (SSSR count). The summed E-state index contributed by atoms with van der Waals surface area (Å²) in [6.45, 7) is 0.700. The predicted molar refractivity (Wildman–Crippen MR) is 72.9 cm³/mol. The summed E-state index contributed by atoms with van der Waals surface area (Å²) < 4.78 is 7.63. The fourth-order valence-electron chi connectivity index (χ4n) is 2.46. The number of rotatable bonds is 3. The smallest absolute Gasteiger partial charge is 0.142 e. The van der Waals surface area contributed by atoms with Crippen LogP contribution in [0.4, 0.5) is 5.82 Å². The molecule has 1 saturated heterocycles. The van der Waals surface area contributed by atoms with E-state index in [0.29, 0.717) is 18.1 Å². The molecule has 0 radical (unpaired) electrons. The van der Waals surface area contributed by atoms with Crippen molar-refractivity contribution in [2.45, 2.75) is 18.6 Å². The molecule has 2 aromatic heterocycles. The highest BCUT2D eigenvalue weighted by atomic mass is 16.5. The van der Waals surface area contributed by atoms with Gasteiger partial charge in [0.25, 0.3) is 0 Å². The highest BCUT2D eigenvalue weighted by Crippen LogP contribution is 2.30. The molecule has 0 bridgehead atoms. The Hall–Kier alpha value is -2.39. The number of aromatic nitrogens is 3. The third-order valence-electron chi connectivity index (χ3n) is 3.44. The van der Waals surface area contributed by atoms with E-state index in [4.69, 9.17) is 10.00 Å². The van der Waals surface area contributed by atoms with Crippen LogP contribution in [0.5, 0.6) is 0 Å². The van der Waals surface area contributed by atoms with Gasteiger partial charge in [-0.25, -0.2) is 4.98 Å². The average molecular weight is 269 g/mol. The quantitative estimate of drug-likeness (QED) is 0.916. The zero-order chi connectivity index (χ0) is 13.9. The average Bonchev–Trinajstić information content (AvgIpc) is 3.07. The van der Waals surface area contributed by atoms with Crippen LogP contribution in [0.2, 0.25) is 0 Å². The van der Waals surface area contributed by atoms with Crippen molar-refractivity contribution in [1.29, 1.82) is 5.26 Å². The van der Waals surface area contributed by atoms with E-state index < -0.39 is 0 Å². The predicted octanol–water partition coefficient (Wildman–Crippen LogP) is 1.63. The summed E-state index contributed by atoms with van der Waals surface area (Å²) in [5.41, 5.74) is 1.45. The van der Waals surface area contributed by atoms with Gasteiger partial charge in [0.05, 0.1) is 11.7 Å². The Kier molecular flexibility index (Phi) is 3.35. The van der Waals surface area contributed by atoms with Gasteiger partial charge in [-0.1, -0.05) is 6.07 Å². The second-order valence-corrected chi connectivity index (χ2v) is 4.73. The standard InChI is InChI=1S/C14H15N5O/c1-19-12(5-7-16-19)14-11(6-8-20-14)18-13-4-2-3-10(9-15)17-13/h2-5,7,11,14H,6,8H2,1H3,(H,17,18)/t11-,14-/m0/s1. The van der Waals surface area contributed by atoms with Gasteiger partial charge in [0.2, 0.25) is 0 Å². The summed E-state index contributed by atoms with van der Waals surface area (Å²) in [7, 11) is 1.91. The Bertz CT molecular complexity index is 645. The molecule has 6 heteroatoms. The number of ether oxygens (including phenoxy) is 1. The molecule has 2 atom stereocenters. The van der Waals surface area contributed by atoms with Gasteiger partial charge in [0.1, 0.15) is 23.7 Å². The molecule has 6 nitrogen and oxygen atoms in total. The SMILES string of the molecule is Cn1nccc1[C@H]1OCC[C@@H]1Nc1cccc(C#N)n1. The van der Waals surface area contributed by atoms with Crippen molar-refractivity contribution in [2.24, 2.45) is 7.05 Å². The number of anilines is 1. The summed E-state index contributed by atoms with van der Waals surface area (Å²) in [4.78, 5) is 4.24. The van der Waals surface area contributed by atoms with Crippen LogP contribution in [0, 0.1) is 11.3 Å². The molecule has 1 aliphatic heterocycles. The molecule has 0 amide bonds. The highest BCUT2D eigenvalue weighted by molar-refractivity contribution is 5.40. The molecule has 20 heavy (non-hydrogen) atoms. The Morgan fingerprint density at radius 3 is 3.10 bits per heavy atom. The lowest BCUT2D eigenvalue weighted by Crippen LogP contribution is -2.25. The number of nitrogens with zero attached hydrogens (tertiary/aromatic N) is 4. The topological polar surface area (TPSA) is 75.8 Å². The summed E-state index contributed by atoms with van der Waals surface area (Å²) in [6, 6.07) is 9.51. The van der Waals surface area contributed by atoms with Crippen molar-refractivity contribution in [3.63, 3.8) is 0 Å². The van der Waals surface area contributed by atoms with Crippen molar-refractivity contribution in [3.8, 4) is 6.07 Å². The van der Waals surface area contributed by atoms with Gasteiger partial charge in [0, 0.05) is 19.9 Å². The van der Waals surface area contributed by atoms with E-state index in [2.05, 4.69) is 15.4 Å². The van der Waals surface area contributed by atoms with E-state index in [1.807, 2.05) is 36.0 Å². The Balaban J connectivity index is 1.79. The van der Waals surface area contributed by atoms with Gasteiger partial charge in [0.15, 0.2) is 0 Å². The number of nitrogens with one attached hydrogen (secondary N) is 1. The third-order valence-corrected chi connectivity index (χ3v) is 3.44. The van der Waals surface area contributed by atoms with E-state index in [1.54, 1.807) is 12.3 Å². The van der Waals surface area contributed by atoms with Crippen LogP contribution in [-0.4, -0.2) is 27.4 Å². The normalized spacial score (nSPS) is 21.6. The number of pyridine rings is 1. The number of hydrogen-bond acceptors (Lipinski definition) is 5. The van der Waals surface area contributed by atoms with E-state index >= 15 is 0 Å². The molecular weight excluding hydrogens is 254 g/mol. The maximum absolute atomic E-state index is 8.88. The molecular formula is C14H15N5O. The van der Waals surface area contributed by atoms with Gasteiger partial charge < -0.3 is 10.1 Å². The Labute approximate surface area is 117 Å². The van der Waals surface area contributed by atoms with E-state index in [1.165, 1.54) is 0 Å². The van der Waals surface area contributed by atoms with Crippen molar-refractivity contribution in [1.82, 2.24) is 14.8 Å². The molecule has 0 aliphatic carbocycles. The van der Waals surface area contributed by atoms with Gasteiger partial charge >= 0.3 is 0 Å². The summed E-state index contributed by atoms with van der Waals surface area (Å²) in [5, 5.41) is 16.4. The van der Waals surface area contributed by atoms with Gasteiger partial charge in [-0.05, 0) is 24.6 Å². The first-order chi connectivity index (χ1) is 9.78. The molecule has 2 aromatic rings. The van der Waals surface area contributed by atoms with Crippen LogP contribution in [-0.2, 0) is 11.8 Å². The van der Waals surface area contributed by atoms with Crippen LogP contribution in [0.25, 0.3) is 0 Å². The van der Waals surface area contributed by atoms with Crippen molar-refractivity contribution in [2.75, 3.05) is 11.9 Å². The first-order valence-electron chi connectivity index (χ1n) is 6.51. The highest BCUT2D eigenvalue weighted by Gasteiger charge is 2.31. The van der Waals surface area contributed by atoms with Crippen molar-refractivity contribution >= 4 is 5.82 Å². The molecule has 1 fully saturated rings. The van der Waals surface area contributed by atoms with Crippen LogP contribution >= 0.6 is 0 Å². The minimum absolute atomic E-state index is 0.0463. The fraction of sp³-hybridized carbons (Fsp3) is 0.357. The zero-order valence-electron chi connectivity index (χ0n) is 11.2. The van der Waals surface area contributed by atoms with Gasteiger partial charge in [-0.15, -0.1) is 0 Å². The lowest BCUT2D eigenvalue weighted by atomic mass is 10.1. The van der Waals surface area contributed by atoms with Gasteiger partial charge in [-0.2, -0.15) is 10.4 Å². The summed E-state index contributed by atoms with van der Waals surface area (Å²) in [5.74, 6) is 0.701. The zero-order valence-corrected chi connectivity index (χ0v) is 11.2. The van der Waals surface area contributed by atoms with Crippen LogP contribution < -0.4 is 5.32 Å². The summed E-state index contributed by atoms with van der Waals surface area (Å²) >= 11 is 0. The molecule has 102 valence electrons. The second kappa shape index (κ2) is 5.31. The maximum atomic E-state index is 8.88. The molecule has 1 N–H and O–H groups in total. The van der Waals surface area contributed by atoms with Gasteiger partial charge in [-0.3, -0.25) is 4.68 Å². The molecule has 0 unspecified atom stereocenters. The van der Waals surface area contributed by atoms with Crippen LogP contribution in [0.1, 0.15) is 23.9 Å². The second-order valence-electron chi connectivity index (χ2n) is 4.73. The number of aryl methyl sites for hydroxylation is 1. The first kappa shape index (κ1) is 12.6. The minimum atomic E-state index is -0.0463. The third kappa shape index (κ3) is 2.36. The van der Waals surface area contributed by atoms with E-state index in [-0.39, 0.29) is 12.1 Å². The molecule has 3 heterocycles. The number of nitriles is 1. The molecule has 0 saturated carbocycles. The Morgan fingerprint density at radius 1 is 1.45 bits per heavy atom. The monoisotopic (exact) mass is 269 g/mol. The van der Waals surface area contributed by atoms with Crippen molar-refractivity contribution < 1.29 is 4.74 Å². The van der Waals surface area contributed by atoms with Crippen LogP contribution in [0.15, 0.2) is 30.5 Å². The molecule has 0 aromatic carbocycles.